The molecular formula is C12H11N3O4S. The highest BCUT2D eigenvalue weighted by Gasteiger charge is 2.23. The molecule has 0 saturated carbocycles. The maximum atomic E-state index is 11.3. The van der Waals surface area contributed by atoms with Gasteiger partial charge in [0.15, 0.2) is 0 Å². The van der Waals surface area contributed by atoms with Gasteiger partial charge >= 0.3 is 5.97 Å². The predicted octanol–water partition coefficient (Wildman–Crippen LogP) is 2.49. The monoisotopic (exact) mass is 293 g/mol. The highest BCUT2D eigenvalue weighted by molar-refractivity contribution is 7.99. The maximum absolute atomic E-state index is 11.3. The van der Waals surface area contributed by atoms with Crippen molar-refractivity contribution in [3.8, 4) is 0 Å². The third-order valence-electron chi connectivity index (χ3n) is 2.65. The minimum atomic E-state index is -1.10. The summed E-state index contributed by atoms with van der Waals surface area (Å²) in [7, 11) is 1.61. The number of hydrogen-bond acceptors (Lipinski definition) is 5. The zero-order chi connectivity index (χ0) is 14.9. The van der Waals surface area contributed by atoms with Crippen molar-refractivity contribution in [1.82, 2.24) is 9.78 Å². The fraction of sp³-hybridized carbons (Fsp3) is 0.167. The molecule has 1 heterocycles. The summed E-state index contributed by atoms with van der Waals surface area (Å²) in [5.74, 6) is -1.10. The van der Waals surface area contributed by atoms with Gasteiger partial charge in [-0.05, 0) is 13.0 Å². The number of rotatable bonds is 4. The molecule has 20 heavy (non-hydrogen) atoms. The lowest BCUT2D eigenvalue weighted by Crippen LogP contribution is -2.01. The SMILES string of the molecule is Cc1nn(C)c(Sc2ccccc2[N+](=O)[O-])c1C(=O)O. The Balaban J connectivity index is 2.51. The van der Waals surface area contributed by atoms with Crippen LogP contribution in [0.3, 0.4) is 0 Å². The standard InChI is InChI=1S/C12H11N3O4S/c1-7-10(12(16)17)11(14(2)13-7)20-9-6-4-3-5-8(9)15(18)19/h3-6H,1-2H3,(H,16,17). The van der Waals surface area contributed by atoms with E-state index in [1.165, 1.54) is 10.7 Å². The largest absolute Gasteiger partial charge is 0.478 e. The van der Waals surface area contributed by atoms with Crippen LogP contribution in [0.4, 0.5) is 5.69 Å². The number of aryl methyl sites for hydroxylation is 2. The molecule has 8 heteroatoms. The quantitative estimate of drug-likeness (QED) is 0.687. The number of nitro benzene ring substituents is 1. The van der Waals surface area contributed by atoms with Crippen molar-refractivity contribution >= 4 is 23.4 Å². The van der Waals surface area contributed by atoms with Crippen molar-refractivity contribution < 1.29 is 14.8 Å². The molecule has 0 bridgehead atoms. The Hall–Kier alpha value is -2.35. The van der Waals surface area contributed by atoms with Gasteiger partial charge in [0.1, 0.15) is 10.6 Å². The molecule has 0 saturated heterocycles. The van der Waals surface area contributed by atoms with Crippen molar-refractivity contribution in [2.75, 3.05) is 0 Å². The van der Waals surface area contributed by atoms with Crippen LogP contribution in [0.2, 0.25) is 0 Å². The molecule has 0 spiro atoms. The molecule has 0 radical (unpaired) electrons. The van der Waals surface area contributed by atoms with E-state index < -0.39 is 10.9 Å². The van der Waals surface area contributed by atoms with Gasteiger partial charge in [0.25, 0.3) is 5.69 Å². The Morgan fingerprint density at radius 3 is 2.70 bits per heavy atom. The zero-order valence-corrected chi connectivity index (χ0v) is 11.5. The molecule has 7 nitrogen and oxygen atoms in total. The van der Waals surface area contributed by atoms with Crippen molar-refractivity contribution in [2.24, 2.45) is 7.05 Å². The summed E-state index contributed by atoms with van der Waals surface area (Å²) in [6.07, 6.45) is 0. The first-order chi connectivity index (χ1) is 9.41. The first-order valence-corrected chi connectivity index (χ1v) is 6.41. The first kappa shape index (κ1) is 14.1. The molecule has 0 unspecified atom stereocenters. The maximum Gasteiger partial charge on any atom is 0.340 e. The second-order valence-electron chi connectivity index (χ2n) is 4.02. The van der Waals surface area contributed by atoms with E-state index in [2.05, 4.69) is 5.10 Å². The van der Waals surface area contributed by atoms with Crippen LogP contribution in [0.15, 0.2) is 34.2 Å². The number of para-hydroxylation sites is 1. The van der Waals surface area contributed by atoms with Crippen LogP contribution in [0.1, 0.15) is 16.1 Å². The van der Waals surface area contributed by atoms with Gasteiger partial charge in [0.05, 0.1) is 15.5 Å². The van der Waals surface area contributed by atoms with E-state index >= 15 is 0 Å². The average molecular weight is 293 g/mol. The number of carbonyl (C=O) groups is 1. The Bertz CT molecular complexity index is 696. The summed E-state index contributed by atoms with van der Waals surface area (Å²) in [4.78, 5) is 22.1. The molecule has 0 atom stereocenters. The number of nitro groups is 1. The van der Waals surface area contributed by atoms with Gasteiger partial charge in [0.2, 0.25) is 0 Å². The second-order valence-corrected chi connectivity index (χ2v) is 5.05. The summed E-state index contributed by atoms with van der Waals surface area (Å²) in [5, 5.41) is 24.6. The average Bonchev–Trinajstić information content (AvgIpc) is 2.64. The van der Waals surface area contributed by atoms with Crippen LogP contribution >= 0.6 is 11.8 Å². The normalized spacial score (nSPS) is 10.5. The molecule has 0 aliphatic carbocycles. The molecule has 0 amide bonds. The zero-order valence-electron chi connectivity index (χ0n) is 10.7. The number of carboxylic acids is 1. The number of hydrogen-bond donors (Lipinski definition) is 1. The summed E-state index contributed by atoms with van der Waals surface area (Å²) in [6, 6.07) is 6.19. The number of aromatic carboxylic acids is 1. The fourth-order valence-corrected chi connectivity index (χ4v) is 2.91. The Morgan fingerprint density at radius 2 is 2.10 bits per heavy atom. The van der Waals surface area contributed by atoms with E-state index in [1.54, 1.807) is 32.2 Å². The van der Waals surface area contributed by atoms with Gasteiger partial charge in [-0.1, -0.05) is 23.9 Å². The summed E-state index contributed by atoms with van der Waals surface area (Å²) < 4.78 is 1.42. The molecule has 2 rings (SSSR count). The lowest BCUT2D eigenvalue weighted by Gasteiger charge is -2.04. The molecule has 0 aliphatic rings. The Kier molecular flexibility index (Phi) is 3.75. The molecule has 0 aliphatic heterocycles. The van der Waals surface area contributed by atoms with Crippen molar-refractivity contribution in [3.05, 3.63) is 45.6 Å². The van der Waals surface area contributed by atoms with Crippen LogP contribution in [0.25, 0.3) is 0 Å². The van der Waals surface area contributed by atoms with Crippen molar-refractivity contribution in [2.45, 2.75) is 16.8 Å². The lowest BCUT2D eigenvalue weighted by molar-refractivity contribution is -0.387. The highest BCUT2D eigenvalue weighted by Crippen LogP contribution is 2.36. The van der Waals surface area contributed by atoms with Gasteiger partial charge in [-0.15, -0.1) is 0 Å². The topological polar surface area (TPSA) is 98.3 Å². The summed E-state index contributed by atoms with van der Waals surface area (Å²) >= 11 is 1.02. The van der Waals surface area contributed by atoms with Gasteiger partial charge in [-0.25, -0.2) is 4.79 Å². The van der Waals surface area contributed by atoms with E-state index in [9.17, 15) is 20.0 Å². The summed E-state index contributed by atoms with van der Waals surface area (Å²) in [6.45, 7) is 1.59. The third-order valence-corrected chi connectivity index (χ3v) is 3.88. The molecule has 2 aromatic rings. The smallest absolute Gasteiger partial charge is 0.340 e. The number of benzene rings is 1. The Morgan fingerprint density at radius 1 is 1.45 bits per heavy atom. The van der Waals surface area contributed by atoms with Gasteiger partial charge in [-0.3, -0.25) is 14.8 Å². The van der Waals surface area contributed by atoms with Crippen molar-refractivity contribution in [1.29, 1.82) is 0 Å². The molecule has 1 aromatic carbocycles. The summed E-state index contributed by atoms with van der Waals surface area (Å²) in [5.41, 5.74) is 0.379. The molecular weight excluding hydrogens is 282 g/mol. The Labute approximate surface area is 118 Å². The number of aromatic nitrogens is 2. The number of nitrogens with zero attached hydrogens (tertiary/aromatic N) is 3. The second kappa shape index (κ2) is 5.33. The van der Waals surface area contributed by atoms with Crippen LogP contribution in [-0.4, -0.2) is 25.8 Å². The van der Waals surface area contributed by atoms with Crippen LogP contribution in [0, 0.1) is 17.0 Å². The third kappa shape index (κ3) is 2.50. The van der Waals surface area contributed by atoms with E-state index in [1.807, 2.05) is 0 Å². The molecule has 1 aromatic heterocycles. The van der Waals surface area contributed by atoms with Crippen molar-refractivity contribution in [3.63, 3.8) is 0 Å². The molecule has 1 N–H and O–H groups in total. The van der Waals surface area contributed by atoms with E-state index in [0.29, 0.717) is 15.6 Å². The minimum absolute atomic E-state index is 0.0623. The predicted molar refractivity (Wildman–Crippen MR) is 72.1 cm³/mol. The van der Waals surface area contributed by atoms with Gasteiger partial charge < -0.3 is 5.11 Å². The van der Waals surface area contributed by atoms with Gasteiger partial charge in [0, 0.05) is 13.1 Å². The van der Waals surface area contributed by atoms with Crippen LogP contribution < -0.4 is 0 Å². The first-order valence-electron chi connectivity index (χ1n) is 5.60. The molecule has 0 fully saturated rings. The van der Waals surface area contributed by atoms with Gasteiger partial charge in [-0.2, -0.15) is 5.10 Å². The van der Waals surface area contributed by atoms with E-state index in [0.717, 1.165) is 11.8 Å². The number of carboxylic acid groups (broad SMARTS) is 1. The fourth-order valence-electron chi connectivity index (χ4n) is 1.80. The van der Waals surface area contributed by atoms with Crippen LogP contribution in [0.5, 0.6) is 0 Å². The lowest BCUT2D eigenvalue weighted by atomic mass is 10.3. The minimum Gasteiger partial charge on any atom is -0.478 e. The molecule has 104 valence electrons. The van der Waals surface area contributed by atoms with E-state index in [4.69, 9.17) is 0 Å². The van der Waals surface area contributed by atoms with E-state index in [-0.39, 0.29) is 11.3 Å². The highest BCUT2D eigenvalue weighted by atomic mass is 32.2. The van der Waals surface area contributed by atoms with Crippen LogP contribution in [-0.2, 0) is 7.05 Å².